The van der Waals surface area contributed by atoms with Crippen LogP contribution in [0.1, 0.15) is 53.2 Å². The lowest BCUT2D eigenvalue weighted by molar-refractivity contribution is -0.143. The molecule has 2 fully saturated rings. The van der Waals surface area contributed by atoms with Gasteiger partial charge < -0.3 is 14.7 Å². The summed E-state index contributed by atoms with van der Waals surface area (Å²) < 4.78 is 6.04. The van der Waals surface area contributed by atoms with Crippen molar-refractivity contribution < 1.29 is 19.4 Å². The first-order valence-corrected chi connectivity index (χ1v) is 9.79. The van der Waals surface area contributed by atoms with Crippen LogP contribution in [-0.2, 0) is 9.53 Å². The van der Waals surface area contributed by atoms with Gasteiger partial charge >= 0.3 is 5.97 Å². The molecule has 1 aromatic carbocycles. The number of hydrogen-bond acceptors (Lipinski definition) is 4. The quantitative estimate of drug-likeness (QED) is 0.878. The number of nitrogens with zero attached hydrogens (tertiary/aromatic N) is 2. The molecule has 2 saturated heterocycles. The van der Waals surface area contributed by atoms with Crippen molar-refractivity contribution in [1.29, 1.82) is 0 Å². The van der Waals surface area contributed by atoms with Gasteiger partial charge in [-0.1, -0.05) is 24.6 Å². The standard InChI is InChI=1S/C21H30N2O4/c1-5-8-22-9-6-21(7-10-22)23(17(13-27-21)20(25)26)19(24)18-15(3)11-14(2)12-16(18)4/h11-12,17H,5-10,13H2,1-4H3,(H,25,26)/t17-/m1/s1. The van der Waals surface area contributed by atoms with Crippen LogP contribution in [0.5, 0.6) is 0 Å². The minimum Gasteiger partial charge on any atom is -0.480 e. The zero-order valence-electron chi connectivity index (χ0n) is 16.7. The fourth-order valence-corrected chi connectivity index (χ4v) is 4.64. The van der Waals surface area contributed by atoms with Gasteiger partial charge in [0, 0.05) is 31.5 Å². The van der Waals surface area contributed by atoms with Crippen LogP contribution < -0.4 is 0 Å². The Hall–Kier alpha value is -1.92. The molecule has 0 aliphatic carbocycles. The monoisotopic (exact) mass is 374 g/mol. The van der Waals surface area contributed by atoms with E-state index in [0.717, 1.165) is 42.7 Å². The molecule has 148 valence electrons. The first-order chi connectivity index (χ1) is 12.8. The minimum absolute atomic E-state index is 0.0544. The van der Waals surface area contributed by atoms with E-state index in [1.807, 2.05) is 32.9 Å². The fraction of sp³-hybridized carbons (Fsp3) is 0.619. The average molecular weight is 374 g/mol. The third kappa shape index (κ3) is 3.60. The van der Waals surface area contributed by atoms with E-state index in [4.69, 9.17) is 4.74 Å². The van der Waals surface area contributed by atoms with Crippen molar-refractivity contribution in [3.63, 3.8) is 0 Å². The number of piperidine rings is 1. The Labute approximate surface area is 161 Å². The van der Waals surface area contributed by atoms with Crippen molar-refractivity contribution in [1.82, 2.24) is 9.80 Å². The second-order valence-electron chi connectivity index (χ2n) is 7.90. The zero-order chi connectivity index (χ0) is 19.8. The summed E-state index contributed by atoms with van der Waals surface area (Å²) in [5, 5.41) is 9.73. The summed E-state index contributed by atoms with van der Waals surface area (Å²) in [6.45, 7) is 10.7. The molecular formula is C21H30N2O4. The number of aryl methyl sites for hydroxylation is 3. The molecule has 27 heavy (non-hydrogen) atoms. The summed E-state index contributed by atoms with van der Waals surface area (Å²) >= 11 is 0. The number of carboxylic acid groups (broad SMARTS) is 1. The van der Waals surface area contributed by atoms with Gasteiger partial charge in [-0.3, -0.25) is 9.69 Å². The predicted octanol–water partition coefficient (Wildman–Crippen LogP) is 2.74. The van der Waals surface area contributed by atoms with E-state index in [1.54, 1.807) is 0 Å². The Morgan fingerprint density at radius 2 is 1.78 bits per heavy atom. The molecule has 2 heterocycles. The number of carboxylic acids is 1. The Morgan fingerprint density at radius 1 is 1.19 bits per heavy atom. The van der Waals surface area contributed by atoms with Crippen molar-refractivity contribution >= 4 is 11.9 Å². The summed E-state index contributed by atoms with van der Waals surface area (Å²) in [6.07, 6.45) is 2.37. The van der Waals surface area contributed by atoms with E-state index in [0.29, 0.717) is 18.4 Å². The predicted molar refractivity (Wildman–Crippen MR) is 103 cm³/mol. The van der Waals surface area contributed by atoms with Gasteiger partial charge in [-0.05, 0) is 44.9 Å². The molecule has 1 amide bonds. The summed E-state index contributed by atoms with van der Waals surface area (Å²) in [7, 11) is 0. The molecule has 1 spiro atoms. The number of likely N-dealkylation sites (tertiary alicyclic amines) is 1. The molecule has 0 radical (unpaired) electrons. The Morgan fingerprint density at radius 3 is 2.30 bits per heavy atom. The lowest BCUT2D eigenvalue weighted by Gasteiger charge is -2.44. The summed E-state index contributed by atoms with van der Waals surface area (Å²) in [4.78, 5) is 29.3. The van der Waals surface area contributed by atoms with Gasteiger partial charge in [-0.25, -0.2) is 4.79 Å². The number of carbonyl (C=O) groups is 2. The maximum absolute atomic E-state index is 13.6. The largest absolute Gasteiger partial charge is 0.480 e. The molecule has 0 saturated carbocycles. The van der Waals surface area contributed by atoms with Gasteiger partial charge in [-0.15, -0.1) is 0 Å². The SMILES string of the molecule is CCCN1CCC2(CC1)OC[C@H](C(=O)O)N2C(=O)c1c(C)cc(C)cc1C. The van der Waals surface area contributed by atoms with Crippen LogP contribution in [0.3, 0.4) is 0 Å². The normalized spacial score (nSPS) is 22.4. The van der Waals surface area contributed by atoms with Crippen LogP contribution in [0.2, 0.25) is 0 Å². The zero-order valence-corrected chi connectivity index (χ0v) is 16.7. The summed E-state index contributed by atoms with van der Waals surface area (Å²) in [5.74, 6) is -1.22. The molecule has 1 N–H and O–H groups in total. The van der Waals surface area contributed by atoms with E-state index in [9.17, 15) is 14.7 Å². The molecule has 0 unspecified atom stereocenters. The third-order valence-corrected chi connectivity index (χ3v) is 5.83. The van der Waals surface area contributed by atoms with E-state index in [-0.39, 0.29) is 12.5 Å². The van der Waals surface area contributed by atoms with E-state index in [2.05, 4.69) is 11.8 Å². The highest BCUT2D eigenvalue weighted by Crippen LogP contribution is 2.39. The van der Waals surface area contributed by atoms with Gasteiger partial charge in [0.05, 0.1) is 6.61 Å². The number of amides is 1. The fourth-order valence-electron chi connectivity index (χ4n) is 4.64. The molecule has 1 aromatic rings. The lowest BCUT2D eigenvalue weighted by Crippen LogP contribution is -2.58. The molecule has 0 bridgehead atoms. The molecule has 3 rings (SSSR count). The Bertz CT molecular complexity index is 715. The van der Waals surface area contributed by atoms with Gasteiger partial charge in [0.2, 0.25) is 0 Å². The number of hydrogen-bond donors (Lipinski definition) is 1. The summed E-state index contributed by atoms with van der Waals surface area (Å²) in [5.41, 5.74) is 2.65. The van der Waals surface area contributed by atoms with Gasteiger partial charge in [-0.2, -0.15) is 0 Å². The second kappa shape index (κ2) is 7.60. The van der Waals surface area contributed by atoms with Crippen LogP contribution in [0.15, 0.2) is 12.1 Å². The minimum atomic E-state index is -1.00. The van der Waals surface area contributed by atoms with E-state index < -0.39 is 17.7 Å². The molecule has 1 atom stereocenters. The van der Waals surface area contributed by atoms with Gasteiger partial charge in [0.15, 0.2) is 6.04 Å². The van der Waals surface area contributed by atoms with Crippen molar-refractivity contribution in [3.8, 4) is 0 Å². The molecule has 0 aromatic heterocycles. The van der Waals surface area contributed by atoms with E-state index >= 15 is 0 Å². The lowest BCUT2D eigenvalue weighted by atomic mass is 9.93. The maximum atomic E-state index is 13.6. The molecule has 6 heteroatoms. The molecular weight excluding hydrogens is 344 g/mol. The summed E-state index contributed by atoms with van der Waals surface area (Å²) in [6, 6.07) is 3.02. The smallest absolute Gasteiger partial charge is 0.328 e. The highest BCUT2D eigenvalue weighted by atomic mass is 16.5. The topological polar surface area (TPSA) is 70.1 Å². The Kier molecular flexibility index (Phi) is 5.58. The molecule has 2 aliphatic heterocycles. The highest BCUT2D eigenvalue weighted by molar-refractivity contribution is 6.00. The van der Waals surface area contributed by atoms with Crippen LogP contribution in [0.25, 0.3) is 0 Å². The van der Waals surface area contributed by atoms with Crippen LogP contribution >= 0.6 is 0 Å². The van der Waals surface area contributed by atoms with Crippen LogP contribution in [0, 0.1) is 20.8 Å². The van der Waals surface area contributed by atoms with Crippen molar-refractivity contribution in [3.05, 3.63) is 34.4 Å². The second-order valence-corrected chi connectivity index (χ2v) is 7.90. The van der Waals surface area contributed by atoms with Gasteiger partial charge in [0.25, 0.3) is 5.91 Å². The number of aliphatic carboxylic acids is 1. The molecule has 2 aliphatic rings. The van der Waals surface area contributed by atoms with Crippen LogP contribution in [0.4, 0.5) is 0 Å². The average Bonchev–Trinajstić information content (AvgIpc) is 2.95. The van der Waals surface area contributed by atoms with Gasteiger partial charge in [0.1, 0.15) is 5.72 Å². The van der Waals surface area contributed by atoms with Crippen molar-refractivity contribution in [2.24, 2.45) is 0 Å². The van der Waals surface area contributed by atoms with E-state index in [1.165, 1.54) is 4.90 Å². The number of rotatable bonds is 4. The first-order valence-electron chi connectivity index (χ1n) is 9.79. The first kappa shape index (κ1) is 19.8. The van der Waals surface area contributed by atoms with Crippen molar-refractivity contribution in [2.75, 3.05) is 26.2 Å². The molecule has 6 nitrogen and oxygen atoms in total. The Balaban J connectivity index is 1.96. The number of benzene rings is 1. The maximum Gasteiger partial charge on any atom is 0.328 e. The number of carbonyl (C=O) groups excluding carboxylic acids is 1. The van der Waals surface area contributed by atoms with Crippen molar-refractivity contribution in [2.45, 2.75) is 58.7 Å². The third-order valence-electron chi connectivity index (χ3n) is 5.83. The van der Waals surface area contributed by atoms with Crippen LogP contribution in [-0.4, -0.2) is 64.8 Å². The highest BCUT2D eigenvalue weighted by Gasteiger charge is 2.54. The number of ether oxygens (including phenoxy) is 1.